The van der Waals surface area contributed by atoms with Crippen molar-refractivity contribution in [1.29, 1.82) is 0 Å². The molecule has 0 aromatic rings. The van der Waals surface area contributed by atoms with E-state index >= 15 is 0 Å². The molecule has 0 aromatic heterocycles. The average Bonchev–Trinajstić information content (AvgIpc) is 2.53. The molecule has 0 aliphatic rings. The summed E-state index contributed by atoms with van der Waals surface area (Å²) in [6, 6.07) is 0. The van der Waals surface area contributed by atoms with Gasteiger partial charge in [0, 0.05) is 7.26 Å². The van der Waals surface area contributed by atoms with Gasteiger partial charge in [0.15, 0.2) is 0 Å². The normalized spacial score (nSPS) is 12.3. The molecule has 140 valence electrons. The third kappa shape index (κ3) is 13.4. The van der Waals surface area contributed by atoms with Gasteiger partial charge >= 0.3 is 0 Å². The molecule has 1 heteroatoms. The van der Waals surface area contributed by atoms with Gasteiger partial charge in [-0.2, -0.15) is 0 Å². The number of unbranched alkanes of at least 4 members (excludes halogenated alkanes) is 10. The zero-order chi connectivity index (χ0) is 17.4. The Morgan fingerprint density at radius 3 is 1.30 bits per heavy atom. The van der Waals surface area contributed by atoms with Crippen LogP contribution in [0.4, 0.5) is 0 Å². The third-order valence-electron chi connectivity index (χ3n) is 5.40. The van der Waals surface area contributed by atoms with Crippen LogP contribution in [0.3, 0.4) is 0 Å². The summed E-state index contributed by atoms with van der Waals surface area (Å²) in [7, 11) is -0.644. The van der Waals surface area contributed by atoms with Crippen LogP contribution in [0.5, 0.6) is 0 Å². The van der Waals surface area contributed by atoms with E-state index < -0.39 is 7.26 Å². The Morgan fingerprint density at radius 2 is 0.957 bits per heavy atom. The van der Waals surface area contributed by atoms with Gasteiger partial charge < -0.3 is 0 Å². The second-order valence-electron chi connectivity index (χ2n) is 8.22. The Morgan fingerprint density at radius 1 is 0.565 bits per heavy atom. The summed E-state index contributed by atoms with van der Waals surface area (Å²) < 4.78 is 0. The first-order chi connectivity index (χ1) is 11.1. The van der Waals surface area contributed by atoms with Crippen molar-refractivity contribution in [3.05, 3.63) is 0 Å². The van der Waals surface area contributed by atoms with Gasteiger partial charge in [-0.15, -0.1) is 0 Å². The van der Waals surface area contributed by atoms with Gasteiger partial charge in [-0.25, -0.2) is 0 Å². The monoisotopic (exact) mass is 343 g/mol. The van der Waals surface area contributed by atoms with Crippen molar-refractivity contribution in [2.75, 3.05) is 24.6 Å². The van der Waals surface area contributed by atoms with Crippen LogP contribution < -0.4 is 0 Å². The summed E-state index contributed by atoms with van der Waals surface area (Å²) in [6.45, 7) is 12.0. The number of hydrogen-bond acceptors (Lipinski definition) is 0. The van der Waals surface area contributed by atoms with E-state index in [0.717, 1.165) is 5.92 Å². The molecule has 0 heterocycles. The molecular formula is C22H48P+. The molecule has 0 fully saturated rings. The lowest BCUT2D eigenvalue weighted by atomic mass is 10.1. The zero-order valence-corrected chi connectivity index (χ0v) is 18.2. The van der Waals surface area contributed by atoms with Crippen molar-refractivity contribution in [1.82, 2.24) is 0 Å². The molecule has 0 unspecified atom stereocenters. The summed E-state index contributed by atoms with van der Waals surface area (Å²) in [5.74, 6) is 0.906. The molecule has 23 heavy (non-hydrogen) atoms. The molecule has 0 amide bonds. The molecule has 0 atom stereocenters. The molecule has 0 aliphatic carbocycles. The highest BCUT2D eigenvalue weighted by Crippen LogP contribution is 2.61. The van der Waals surface area contributed by atoms with Crippen molar-refractivity contribution in [3.63, 3.8) is 0 Å². The molecular weight excluding hydrogens is 295 g/mol. The molecule has 0 aromatic carbocycles. The standard InChI is InChI=1S/C22H48P/c1-6-9-11-13-15-17-19-23(8-3,21-22(4)5)20-18-16-14-12-10-7-2/h22H,6-21H2,1-5H3/q+1. The number of hydrogen-bond donors (Lipinski definition) is 0. The molecule has 0 radical (unpaired) electrons. The van der Waals surface area contributed by atoms with Crippen molar-refractivity contribution in [2.24, 2.45) is 5.92 Å². The molecule has 0 saturated heterocycles. The summed E-state index contributed by atoms with van der Waals surface area (Å²) in [5, 5.41) is 0. The zero-order valence-electron chi connectivity index (χ0n) is 17.3. The highest BCUT2D eigenvalue weighted by atomic mass is 31.2. The van der Waals surface area contributed by atoms with Crippen LogP contribution >= 0.6 is 7.26 Å². The van der Waals surface area contributed by atoms with Crippen LogP contribution in [0, 0.1) is 5.92 Å². The van der Waals surface area contributed by atoms with E-state index in [-0.39, 0.29) is 0 Å². The molecule has 0 saturated carbocycles. The molecule has 0 rings (SSSR count). The minimum absolute atomic E-state index is 0.644. The van der Waals surface area contributed by atoms with E-state index in [4.69, 9.17) is 0 Å². The summed E-state index contributed by atoms with van der Waals surface area (Å²) in [5.41, 5.74) is 0. The predicted octanol–water partition coefficient (Wildman–Crippen LogP) is 8.40. The average molecular weight is 344 g/mol. The fourth-order valence-electron chi connectivity index (χ4n) is 3.97. The van der Waals surface area contributed by atoms with Gasteiger partial charge in [0.25, 0.3) is 0 Å². The van der Waals surface area contributed by atoms with E-state index in [0.29, 0.717) is 0 Å². The maximum absolute atomic E-state index is 2.50. The number of rotatable bonds is 17. The summed E-state index contributed by atoms with van der Waals surface area (Å²) >= 11 is 0. The second-order valence-corrected chi connectivity index (χ2v) is 12.8. The van der Waals surface area contributed by atoms with E-state index in [2.05, 4.69) is 34.6 Å². The fraction of sp³-hybridized carbons (Fsp3) is 1.00. The van der Waals surface area contributed by atoms with Crippen molar-refractivity contribution < 1.29 is 0 Å². The molecule has 0 N–H and O–H groups in total. The van der Waals surface area contributed by atoms with Crippen molar-refractivity contribution in [2.45, 2.75) is 112 Å². The summed E-state index contributed by atoms with van der Waals surface area (Å²) in [4.78, 5) is 0. The van der Waals surface area contributed by atoms with Crippen LogP contribution in [0.1, 0.15) is 112 Å². The van der Waals surface area contributed by atoms with Gasteiger partial charge in [-0.3, -0.25) is 0 Å². The van der Waals surface area contributed by atoms with Crippen molar-refractivity contribution in [3.8, 4) is 0 Å². The molecule has 0 aliphatic heterocycles. The maximum Gasteiger partial charge on any atom is 0.0617 e. The predicted molar refractivity (Wildman–Crippen MR) is 114 cm³/mol. The first kappa shape index (κ1) is 23.4. The van der Waals surface area contributed by atoms with Crippen LogP contribution in [0.15, 0.2) is 0 Å². The summed E-state index contributed by atoms with van der Waals surface area (Å²) in [6.07, 6.45) is 23.8. The fourth-order valence-corrected chi connectivity index (χ4v) is 8.79. The topological polar surface area (TPSA) is 0 Å². The van der Waals surface area contributed by atoms with Gasteiger partial charge in [0.05, 0.1) is 24.6 Å². The van der Waals surface area contributed by atoms with Crippen LogP contribution in [-0.2, 0) is 0 Å². The lowest BCUT2D eigenvalue weighted by Gasteiger charge is -2.28. The maximum atomic E-state index is 2.50. The van der Waals surface area contributed by atoms with Crippen LogP contribution in [0.25, 0.3) is 0 Å². The Labute approximate surface area is 149 Å². The SMILES string of the molecule is CCCCCCCC[P+](CC)(CCCCCCCC)CC(C)C. The minimum Gasteiger partial charge on any atom is -0.0654 e. The molecule has 0 nitrogen and oxygen atoms in total. The van der Waals surface area contributed by atoms with Crippen molar-refractivity contribution >= 4 is 7.26 Å². The first-order valence-corrected chi connectivity index (χ1v) is 13.5. The lowest BCUT2D eigenvalue weighted by Crippen LogP contribution is -2.14. The largest absolute Gasteiger partial charge is 0.0654 e. The third-order valence-corrected chi connectivity index (χ3v) is 10.8. The van der Waals surface area contributed by atoms with Gasteiger partial charge in [-0.05, 0) is 38.5 Å². The minimum atomic E-state index is -0.644. The van der Waals surface area contributed by atoms with E-state index in [1.807, 2.05) is 0 Å². The van der Waals surface area contributed by atoms with Gasteiger partial charge in [0.1, 0.15) is 0 Å². The van der Waals surface area contributed by atoms with Gasteiger partial charge in [-0.1, -0.05) is 79.1 Å². The quantitative estimate of drug-likeness (QED) is 0.184. The van der Waals surface area contributed by atoms with E-state index in [1.165, 1.54) is 83.2 Å². The van der Waals surface area contributed by atoms with Gasteiger partial charge in [0.2, 0.25) is 0 Å². The Balaban J connectivity index is 4.12. The van der Waals surface area contributed by atoms with Crippen LogP contribution in [0.2, 0.25) is 0 Å². The molecule has 0 spiro atoms. The Hall–Kier alpha value is 0.430. The molecule has 0 bridgehead atoms. The Bertz CT molecular complexity index is 218. The van der Waals surface area contributed by atoms with E-state index in [1.54, 1.807) is 18.5 Å². The lowest BCUT2D eigenvalue weighted by molar-refractivity contribution is 0.618. The highest BCUT2D eigenvalue weighted by Gasteiger charge is 2.34. The highest BCUT2D eigenvalue weighted by molar-refractivity contribution is 7.75. The van der Waals surface area contributed by atoms with E-state index in [9.17, 15) is 0 Å². The smallest absolute Gasteiger partial charge is 0.0617 e. The Kier molecular flexibility index (Phi) is 16.2. The first-order valence-electron chi connectivity index (χ1n) is 10.9. The van der Waals surface area contributed by atoms with Crippen LogP contribution in [-0.4, -0.2) is 24.6 Å². The second kappa shape index (κ2) is 15.9.